The van der Waals surface area contributed by atoms with Crippen molar-refractivity contribution in [3.8, 4) is 5.88 Å². The first-order chi connectivity index (χ1) is 7.92. The summed E-state index contributed by atoms with van der Waals surface area (Å²) in [7, 11) is 0. The van der Waals surface area contributed by atoms with E-state index in [1.54, 1.807) is 6.20 Å². The highest BCUT2D eigenvalue weighted by Gasteiger charge is 2.02. The van der Waals surface area contributed by atoms with Gasteiger partial charge in [-0.2, -0.15) is 5.10 Å². The van der Waals surface area contributed by atoms with E-state index < -0.39 is 0 Å². The van der Waals surface area contributed by atoms with Crippen LogP contribution in [-0.2, 0) is 0 Å². The van der Waals surface area contributed by atoms with Gasteiger partial charge in [0.05, 0.1) is 12.8 Å². The van der Waals surface area contributed by atoms with E-state index in [-0.39, 0.29) is 0 Å². The summed E-state index contributed by atoms with van der Waals surface area (Å²) < 4.78 is 5.63. The second kappa shape index (κ2) is 5.80. The summed E-state index contributed by atoms with van der Waals surface area (Å²) in [5, 5.41) is 11.0. The summed E-state index contributed by atoms with van der Waals surface area (Å²) >= 11 is 3.39. The van der Waals surface area contributed by atoms with Crippen LogP contribution in [-0.4, -0.2) is 22.1 Å². The Hall–Kier alpha value is -1.16. The van der Waals surface area contributed by atoms with Gasteiger partial charge in [0.1, 0.15) is 0 Å². The smallest absolute Gasteiger partial charge is 0.241 e. The van der Waals surface area contributed by atoms with Crippen LogP contribution in [0.25, 0.3) is 10.8 Å². The highest BCUT2D eigenvalue weighted by molar-refractivity contribution is 9.09. The summed E-state index contributed by atoms with van der Waals surface area (Å²) in [5.41, 5.74) is 0. The van der Waals surface area contributed by atoms with E-state index in [2.05, 4.69) is 26.1 Å². The van der Waals surface area contributed by atoms with Crippen LogP contribution in [0.15, 0.2) is 30.5 Å². The second-order valence-electron chi connectivity index (χ2n) is 3.48. The van der Waals surface area contributed by atoms with E-state index in [1.807, 2.05) is 24.3 Å². The van der Waals surface area contributed by atoms with E-state index in [0.29, 0.717) is 12.5 Å². The molecule has 4 heteroatoms. The minimum absolute atomic E-state index is 0.632. The Morgan fingerprint density at radius 2 is 2.06 bits per heavy atom. The summed E-state index contributed by atoms with van der Waals surface area (Å²) in [6, 6.07) is 7.98. The Bertz CT molecular complexity index is 456. The first kappa shape index (κ1) is 11.3. The molecule has 0 aliphatic rings. The lowest BCUT2D eigenvalue weighted by Crippen LogP contribution is -2.00. The molecule has 0 unspecified atom stereocenters. The fourth-order valence-corrected chi connectivity index (χ4v) is 1.87. The van der Waals surface area contributed by atoms with Gasteiger partial charge in [0.15, 0.2) is 0 Å². The number of halogens is 1. The van der Waals surface area contributed by atoms with Gasteiger partial charge in [-0.25, -0.2) is 0 Å². The molecule has 0 bridgehead atoms. The zero-order chi connectivity index (χ0) is 11.2. The highest BCUT2D eigenvalue weighted by atomic mass is 79.9. The second-order valence-corrected chi connectivity index (χ2v) is 4.27. The van der Waals surface area contributed by atoms with Crippen LogP contribution in [0.4, 0.5) is 0 Å². The number of fused-ring (bicyclic) bond motifs is 1. The van der Waals surface area contributed by atoms with Gasteiger partial charge in [-0.15, -0.1) is 5.10 Å². The van der Waals surface area contributed by atoms with Crippen LogP contribution in [0.1, 0.15) is 12.8 Å². The predicted molar refractivity (Wildman–Crippen MR) is 68.1 cm³/mol. The average molecular weight is 281 g/mol. The Labute approximate surface area is 103 Å². The Balaban J connectivity index is 2.11. The van der Waals surface area contributed by atoms with E-state index in [1.165, 1.54) is 0 Å². The van der Waals surface area contributed by atoms with Gasteiger partial charge >= 0.3 is 0 Å². The van der Waals surface area contributed by atoms with Crippen molar-refractivity contribution < 1.29 is 4.74 Å². The SMILES string of the molecule is BrCCCCOc1nncc2ccccc12. The van der Waals surface area contributed by atoms with Gasteiger partial charge < -0.3 is 4.74 Å². The van der Waals surface area contributed by atoms with Gasteiger partial charge in [-0.05, 0) is 18.9 Å². The quantitative estimate of drug-likeness (QED) is 0.623. The van der Waals surface area contributed by atoms with E-state index in [4.69, 9.17) is 4.74 Å². The molecule has 1 aromatic carbocycles. The molecular formula is C12H13BrN2O. The average Bonchev–Trinajstić information content (AvgIpc) is 2.35. The third-order valence-electron chi connectivity index (χ3n) is 2.30. The number of aromatic nitrogens is 2. The molecule has 0 saturated heterocycles. The summed E-state index contributed by atoms with van der Waals surface area (Å²) in [6.45, 7) is 0.689. The first-order valence-electron chi connectivity index (χ1n) is 5.31. The maximum absolute atomic E-state index is 5.63. The molecule has 0 fully saturated rings. The monoisotopic (exact) mass is 280 g/mol. The Morgan fingerprint density at radius 1 is 1.19 bits per heavy atom. The molecule has 0 saturated carbocycles. The van der Waals surface area contributed by atoms with Crippen molar-refractivity contribution in [2.75, 3.05) is 11.9 Å². The van der Waals surface area contributed by atoms with E-state index in [9.17, 15) is 0 Å². The maximum Gasteiger partial charge on any atom is 0.241 e. The normalized spacial score (nSPS) is 10.6. The molecule has 2 aromatic rings. The van der Waals surface area contributed by atoms with Crippen LogP contribution < -0.4 is 4.74 Å². The minimum Gasteiger partial charge on any atom is -0.476 e. The molecule has 16 heavy (non-hydrogen) atoms. The third-order valence-corrected chi connectivity index (χ3v) is 2.86. The molecule has 0 amide bonds. The van der Waals surface area contributed by atoms with Crippen LogP contribution in [0, 0.1) is 0 Å². The summed E-state index contributed by atoms with van der Waals surface area (Å²) in [5.74, 6) is 0.632. The van der Waals surface area contributed by atoms with Crippen LogP contribution >= 0.6 is 15.9 Å². The molecule has 0 aliphatic carbocycles. The van der Waals surface area contributed by atoms with Crippen molar-refractivity contribution >= 4 is 26.7 Å². The van der Waals surface area contributed by atoms with Crippen molar-refractivity contribution in [3.05, 3.63) is 30.5 Å². The summed E-state index contributed by atoms with van der Waals surface area (Å²) in [6.07, 6.45) is 3.88. The van der Waals surface area contributed by atoms with E-state index >= 15 is 0 Å². The molecule has 1 aromatic heterocycles. The number of ether oxygens (including phenoxy) is 1. The molecule has 0 radical (unpaired) electrons. The molecule has 0 N–H and O–H groups in total. The van der Waals surface area contributed by atoms with Gasteiger partial charge in [-0.3, -0.25) is 0 Å². The number of nitrogens with zero attached hydrogens (tertiary/aromatic N) is 2. The highest BCUT2D eigenvalue weighted by Crippen LogP contribution is 2.21. The number of benzene rings is 1. The van der Waals surface area contributed by atoms with Gasteiger partial charge in [-0.1, -0.05) is 34.1 Å². The zero-order valence-corrected chi connectivity index (χ0v) is 10.5. The molecule has 0 atom stereocenters. The molecule has 0 aliphatic heterocycles. The van der Waals surface area contributed by atoms with Gasteiger partial charge in [0, 0.05) is 16.1 Å². The lowest BCUT2D eigenvalue weighted by Gasteiger charge is -2.06. The third kappa shape index (κ3) is 2.70. The van der Waals surface area contributed by atoms with Crippen molar-refractivity contribution in [1.82, 2.24) is 10.2 Å². The molecule has 1 heterocycles. The Kier molecular flexibility index (Phi) is 4.10. The van der Waals surface area contributed by atoms with Crippen LogP contribution in [0.3, 0.4) is 0 Å². The standard InChI is InChI=1S/C12H13BrN2O/c13-7-3-4-8-16-12-11-6-2-1-5-10(11)9-14-15-12/h1-2,5-6,9H,3-4,7-8H2. The van der Waals surface area contributed by atoms with Gasteiger partial charge in [0.25, 0.3) is 0 Å². The molecule has 2 rings (SSSR count). The summed E-state index contributed by atoms with van der Waals surface area (Å²) in [4.78, 5) is 0. The molecule has 0 spiro atoms. The van der Waals surface area contributed by atoms with Gasteiger partial charge in [0.2, 0.25) is 5.88 Å². The van der Waals surface area contributed by atoms with Crippen LogP contribution in [0.5, 0.6) is 5.88 Å². The Morgan fingerprint density at radius 3 is 2.94 bits per heavy atom. The molecular weight excluding hydrogens is 268 g/mol. The minimum atomic E-state index is 0.632. The number of hydrogen-bond acceptors (Lipinski definition) is 3. The van der Waals surface area contributed by atoms with Crippen LogP contribution in [0.2, 0.25) is 0 Å². The van der Waals surface area contributed by atoms with Crippen molar-refractivity contribution in [2.24, 2.45) is 0 Å². The predicted octanol–water partition coefficient (Wildman–Crippen LogP) is 3.18. The zero-order valence-electron chi connectivity index (χ0n) is 8.90. The number of alkyl halides is 1. The van der Waals surface area contributed by atoms with Crippen molar-refractivity contribution in [3.63, 3.8) is 0 Å². The largest absolute Gasteiger partial charge is 0.476 e. The number of hydrogen-bond donors (Lipinski definition) is 0. The molecule has 84 valence electrons. The topological polar surface area (TPSA) is 35.0 Å². The van der Waals surface area contributed by atoms with Crippen molar-refractivity contribution in [2.45, 2.75) is 12.8 Å². The fraction of sp³-hybridized carbons (Fsp3) is 0.333. The van der Waals surface area contributed by atoms with Crippen molar-refractivity contribution in [1.29, 1.82) is 0 Å². The lowest BCUT2D eigenvalue weighted by atomic mass is 10.2. The number of unbranched alkanes of at least 4 members (excludes halogenated alkanes) is 1. The molecule has 3 nitrogen and oxygen atoms in total. The fourth-order valence-electron chi connectivity index (χ4n) is 1.47. The number of rotatable bonds is 5. The lowest BCUT2D eigenvalue weighted by molar-refractivity contribution is 0.299. The first-order valence-corrected chi connectivity index (χ1v) is 6.43. The van der Waals surface area contributed by atoms with E-state index in [0.717, 1.165) is 28.9 Å². The maximum atomic E-state index is 5.63.